The molecule has 31 heavy (non-hydrogen) atoms. The molecule has 3 amide bonds. The van der Waals surface area contributed by atoms with Crippen LogP contribution in [-0.2, 0) is 14.4 Å². The number of rotatable bonds is 4. The Balaban J connectivity index is 1.48. The summed E-state index contributed by atoms with van der Waals surface area (Å²) in [4.78, 5) is 43.8. The van der Waals surface area contributed by atoms with E-state index >= 15 is 0 Å². The molecule has 0 radical (unpaired) electrons. The van der Waals surface area contributed by atoms with Gasteiger partial charge in [-0.1, -0.05) is 31.9 Å². The molecule has 4 rings (SSSR count). The smallest absolute Gasteiger partial charge is 0.250 e. The Kier molecular flexibility index (Phi) is 7.20. The van der Waals surface area contributed by atoms with Gasteiger partial charge in [0.15, 0.2) is 5.25 Å². The van der Waals surface area contributed by atoms with E-state index in [1.165, 1.54) is 16.7 Å². The zero-order chi connectivity index (χ0) is 21.8. The number of thioether (sulfide) groups is 1. The first-order valence-corrected chi connectivity index (χ1v) is 12.6. The number of hydrogen-bond donors (Lipinski definition) is 1. The Morgan fingerprint density at radius 3 is 2.42 bits per heavy atom. The van der Waals surface area contributed by atoms with Crippen LogP contribution in [0.3, 0.4) is 0 Å². The standard InChI is InChI=1S/C24H33N3O3S/c1-17-10-12-18(13-11-17)25-21(28)16-27-19-8-4-5-9-20(19)31-22(24(27)30)23(29)26-14-6-2-3-7-15-26/h4-5,8-9,17-18,22H,2-3,6-7,10-16H2,1H3,(H,25,28)/t17?,18?,22-/m1/s1. The van der Waals surface area contributed by atoms with Crippen molar-refractivity contribution >= 4 is 35.2 Å². The van der Waals surface area contributed by atoms with Gasteiger partial charge in [0, 0.05) is 24.0 Å². The predicted molar refractivity (Wildman–Crippen MR) is 123 cm³/mol. The summed E-state index contributed by atoms with van der Waals surface area (Å²) in [7, 11) is 0. The second kappa shape index (κ2) is 10.1. The SMILES string of the molecule is CC1CCC(NC(=O)CN2C(=O)[C@@H](C(=O)N3CCCCCC3)Sc3ccccc32)CC1. The fourth-order valence-corrected chi connectivity index (χ4v) is 6.00. The highest BCUT2D eigenvalue weighted by Gasteiger charge is 2.41. The van der Waals surface area contributed by atoms with E-state index in [0.29, 0.717) is 19.0 Å². The summed E-state index contributed by atoms with van der Waals surface area (Å²) in [5.41, 5.74) is 0.727. The minimum absolute atomic E-state index is 0.0355. The zero-order valence-electron chi connectivity index (χ0n) is 18.3. The van der Waals surface area contributed by atoms with Crippen LogP contribution in [0.1, 0.15) is 58.3 Å². The number of para-hydroxylation sites is 1. The number of hydrogen-bond acceptors (Lipinski definition) is 4. The first kappa shape index (κ1) is 22.2. The summed E-state index contributed by atoms with van der Waals surface area (Å²) in [6.07, 6.45) is 8.46. The molecule has 1 saturated carbocycles. The molecule has 168 valence electrons. The van der Waals surface area contributed by atoms with Crippen molar-refractivity contribution in [3.8, 4) is 0 Å². The molecule has 1 saturated heterocycles. The van der Waals surface area contributed by atoms with Crippen molar-refractivity contribution in [3.63, 3.8) is 0 Å². The lowest BCUT2D eigenvalue weighted by atomic mass is 9.87. The molecule has 1 aromatic rings. The minimum Gasteiger partial charge on any atom is -0.352 e. The number of benzene rings is 1. The summed E-state index contributed by atoms with van der Waals surface area (Å²) in [5.74, 6) is 0.186. The van der Waals surface area contributed by atoms with E-state index < -0.39 is 5.25 Å². The van der Waals surface area contributed by atoms with Crippen LogP contribution >= 0.6 is 11.8 Å². The maximum atomic E-state index is 13.4. The van der Waals surface area contributed by atoms with E-state index in [1.54, 1.807) is 0 Å². The molecule has 1 aliphatic carbocycles. The number of anilines is 1. The second-order valence-electron chi connectivity index (χ2n) is 9.15. The first-order valence-electron chi connectivity index (χ1n) is 11.7. The third kappa shape index (κ3) is 5.25. The van der Waals surface area contributed by atoms with Crippen molar-refractivity contribution < 1.29 is 14.4 Å². The van der Waals surface area contributed by atoms with Gasteiger partial charge in [0.05, 0.1) is 5.69 Å². The maximum absolute atomic E-state index is 13.4. The number of nitrogens with zero attached hydrogens (tertiary/aromatic N) is 2. The molecular formula is C24H33N3O3S. The third-order valence-corrected chi connectivity index (χ3v) is 7.95. The number of nitrogens with one attached hydrogen (secondary N) is 1. The van der Waals surface area contributed by atoms with E-state index in [0.717, 1.165) is 61.9 Å². The fraction of sp³-hybridized carbons (Fsp3) is 0.625. The van der Waals surface area contributed by atoms with Gasteiger partial charge in [-0.25, -0.2) is 0 Å². The van der Waals surface area contributed by atoms with Gasteiger partial charge < -0.3 is 15.1 Å². The van der Waals surface area contributed by atoms with Crippen molar-refractivity contribution in [2.24, 2.45) is 5.92 Å². The van der Waals surface area contributed by atoms with Gasteiger partial charge in [-0.2, -0.15) is 0 Å². The van der Waals surface area contributed by atoms with E-state index in [2.05, 4.69) is 12.2 Å². The summed E-state index contributed by atoms with van der Waals surface area (Å²) in [5, 5.41) is 2.31. The molecule has 3 aliphatic rings. The van der Waals surface area contributed by atoms with Crippen LogP contribution in [0, 0.1) is 5.92 Å². The van der Waals surface area contributed by atoms with Crippen LogP contribution in [0.2, 0.25) is 0 Å². The van der Waals surface area contributed by atoms with Crippen molar-refractivity contribution in [2.45, 2.75) is 74.5 Å². The third-order valence-electron chi connectivity index (χ3n) is 6.72. The van der Waals surface area contributed by atoms with E-state index in [4.69, 9.17) is 0 Å². The van der Waals surface area contributed by atoms with Crippen molar-refractivity contribution in [3.05, 3.63) is 24.3 Å². The average Bonchev–Trinajstić information content (AvgIpc) is 3.06. The van der Waals surface area contributed by atoms with Crippen LogP contribution < -0.4 is 10.2 Å². The molecule has 6 nitrogen and oxygen atoms in total. The molecular weight excluding hydrogens is 410 g/mol. The molecule has 1 N–H and O–H groups in total. The van der Waals surface area contributed by atoms with Crippen LogP contribution in [0.5, 0.6) is 0 Å². The van der Waals surface area contributed by atoms with Gasteiger partial charge in [0.25, 0.3) is 5.91 Å². The molecule has 2 heterocycles. The molecule has 0 aromatic heterocycles. The minimum atomic E-state index is -0.809. The van der Waals surface area contributed by atoms with Crippen molar-refractivity contribution in [1.82, 2.24) is 10.2 Å². The lowest BCUT2D eigenvalue weighted by Gasteiger charge is -2.35. The average molecular weight is 444 g/mol. The molecule has 2 aliphatic heterocycles. The number of amides is 3. The highest BCUT2D eigenvalue weighted by Crippen LogP contribution is 2.39. The highest BCUT2D eigenvalue weighted by molar-refractivity contribution is 8.01. The lowest BCUT2D eigenvalue weighted by molar-refractivity contribution is -0.135. The van der Waals surface area contributed by atoms with Crippen LogP contribution in [0.4, 0.5) is 5.69 Å². The Bertz CT molecular complexity index is 814. The fourth-order valence-electron chi connectivity index (χ4n) is 4.81. The van der Waals surface area contributed by atoms with E-state index in [9.17, 15) is 14.4 Å². The van der Waals surface area contributed by atoms with E-state index in [1.807, 2.05) is 29.2 Å². The largest absolute Gasteiger partial charge is 0.352 e. The highest BCUT2D eigenvalue weighted by atomic mass is 32.2. The van der Waals surface area contributed by atoms with Gasteiger partial charge >= 0.3 is 0 Å². The number of likely N-dealkylation sites (tertiary alicyclic amines) is 1. The quantitative estimate of drug-likeness (QED) is 0.722. The number of fused-ring (bicyclic) bond motifs is 1. The molecule has 2 fully saturated rings. The Morgan fingerprint density at radius 1 is 1.03 bits per heavy atom. The molecule has 0 bridgehead atoms. The Hall–Kier alpha value is -2.02. The molecule has 1 aromatic carbocycles. The summed E-state index contributed by atoms with van der Waals surface area (Å²) in [6.45, 7) is 3.64. The first-order chi connectivity index (χ1) is 15.0. The number of carbonyl (C=O) groups is 3. The Labute approximate surface area is 189 Å². The van der Waals surface area contributed by atoms with Gasteiger partial charge in [-0.3, -0.25) is 14.4 Å². The van der Waals surface area contributed by atoms with Crippen LogP contribution in [-0.4, -0.2) is 53.5 Å². The Morgan fingerprint density at radius 2 is 1.71 bits per heavy atom. The normalized spacial score (nSPS) is 26.7. The summed E-state index contributed by atoms with van der Waals surface area (Å²) in [6, 6.07) is 7.77. The topological polar surface area (TPSA) is 69.7 Å². The van der Waals surface area contributed by atoms with Gasteiger partial charge in [0.1, 0.15) is 6.54 Å². The second-order valence-corrected chi connectivity index (χ2v) is 10.3. The monoisotopic (exact) mass is 443 g/mol. The molecule has 1 atom stereocenters. The van der Waals surface area contributed by atoms with E-state index in [-0.39, 0.29) is 30.3 Å². The maximum Gasteiger partial charge on any atom is 0.250 e. The van der Waals surface area contributed by atoms with Crippen molar-refractivity contribution in [2.75, 3.05) is 24.5 Å². The van der Waals surface area contributed by atoms with Gasteiger partial charge in [-0.05, 0) is 56.6 Å². The molecule has 7 heteroatoms. The van der Waals surface area contributed by atoms with Gasteiger partial charge in [0.2, 0.25) is 11.8 Å². The summed E-state index contributed by atoms with van der Waals surface area (Å²) < 4.78 is 0. The zero-order valence-corrected chi connectivity index (χ0v) is 19.2. The lowest BCUT2D eigenvalue weighted by Crippen LogP contribution is -2.53. The summed E-state index contributed by atoms with van der Waals surface area (Å²) >= 11 is 1.33. The van der Waals surface area contributed by atoms with Crippen molar-refractivity contribution in [1.29, 1.82) is 0 Å². The van der Waals surface area contributed by atoms with Crippen LogP contribution in [0.15, 0.2) is 29.2 Å². The molecule has 0 unspecified atom stereocenters. The van der Waals surface area contributed by atoms with Gasteiger partial charge in [-0.15, -0.1) is 11.8 Å². The van der Waals surface area contributed by atoms with Crippen LogP contribution in [0.25, 0.3) is 0 Å². The predicted octanol–water partition coefficient (Wildman–Crippen LogP) is 3.59. The number of carbonyl (C=O) groups excluding carboxylic acids is 3. The molecule has 0 spiro atoms.